The van der Waals surface area contributed by atoms with Gasteiger partial charge in [-0.05, 0) is 30.4 Å². The second kappa shape index (κ2) is 6.82. The Kier molecular flexibility index (Phi) is 4.90. The number of pyridine rings is 1. The Morgan fingerprint density at radius 1 is 1.08 bits per heavy atom. The molecule has 0 N–H and O–H groups in total. The highest BCUT2D eigenvalue weighted by molar-refractivity contribution is 7.99. The molecule has 0 spiro atoms. The minimum Gasteiger partial charge on any atom is -0.355 e. The second-order valence-electron chi connectivity index (χ2n) is 6.81. The van der Waals surface area contributed by atoms with Crippen molar-refractivity contribution in [2.45, 2.75) is 42.8 Å². The van der Waals surface area contributed by atoms with Gasteiger partial charge < -0.3 is 4.90 Å². The average Bonchev–Trinajstić information content (AvgIpc) is 2.55. The van der Waals surface area contributed by atoms with Crippen LogP contribution in [0.4, 0.5) is 19.0 Å². The molecule has 2 aromatic rings. The molecule has 0 aliphatic carbocycles. The maximum Gasteiger partial charge on any atom is 0.434 e. The molecule has 0 unspecified atom stereocenters. The molecule has 1 fully saturated rings. The molecule has 1 saturated heterocycles. The third-order valence-electron chi connectivity index (χ3n) is 4.31. The maximum atomic E-state index is 13.0. The van der Waals surface area contributed by atoms with Crippen LogP contribution in [-0.2, 0) is 6.18 Å². The van der Waals surface area contributed by atoms with E-state index in [-0.39, 0.29) is 4.90 Å². The monoisotopic (exact) mass is 368 g/mol. The topological polar surface area (TPSA) is 41.9 Å². The number of rotatable bonds is 3. The van der Waals surface area contributed by atoms with Gasteiger partial charge in [0.05, 0.1) is 12.4 Å². The van der Waals surface area contributed by atoms with E-state index in [1.807, 2.05) is 0 Å². The lowest BCUT2D eigenvalue weighted by molar-refractivity contribution is -0.143. The number of alkyl halides is 3. The summed E-state index contributed by atoms with van der Waals surface area (Å²) in [5, 5.41) is 0.416. The first-order valence-corrected chi connectivity index (χ1v) is 8.83. The van der Waals surface area contributed by atoms with Gasteiger partial charge in [-0.15, -0.1) is 0 Å². The molecule has 4 nitrogen and oxygen atoms in total. The van der Waals surface area contributed by atoms with Crippen LogP contribution in [0.3, 0.4) is 0 Å². The Hall–Kier alpha value is -1.83. The number of nitrogens with zero attached hydrogens (tertiary/aromatic N) is 4. The zero-order chi connectivity index (χ0) is 18.1. The highest BCUT2D eigenvalue weighted by Gasteiger charge is 2.35. The van der Waals surface area contributed by atoms with E-state index in [2.05, 4.69) is 33.7 Å². The lowest BCUT2D eigenvalue weighted by Gasteiger charge is -2.37. The normalized spacial score (nSPS) is 17.6. The predicted octanol–water partition coefficient (Wildman–Crippen LogP) is 4.67. The SMILES string of the molecule is CC1(C)CCN(c2cnc(Sc3cccnc3C(F)(F)F)cn2)CC1. The van der Waals surface area contributed by atoms with E-state index in [0.717, 1.165) is 49.7 Å². The summed E-state index contributed by atoms with van der Waals surface area (Å²) < 4.78 is 39.0. The Morgan fingerprint density at radius 3 is 2.40 bits per heavy atom. The van der Waals surface area contributed by atoms with E-state index >= 15 is 0 Å². The molecule has 3 rings (SSSR count). The molecule has 25 heavy (non-hydrogen) atoms. The van der Waals surface area contributed by atoms with Crippen molar-refractivity contribution >= 4 is 17.6 Å². The highest BCUT2D eigenvalue weighted by Crippen LogP contribution is 2.37. The number of halogens is 3. The number of hydrogen-bond acceptors (Lipinski definition) is 5. The van der Waals surface area contributed by atoms with Crippen molar-refractivity contribution in [2.75, 3.05) is 18.0 Å². The molecular weight excluding hydrogens is 349 g/mol. The van der Waals surface area contributed by atoms with E-state index in [1.54, 1.807) is 6.20 Å². The van der Waals surface area contributed by atoms with Crippen LogP contribution in [-0.4, -0.2) is 28.0 Å². The molecule has 0 bridgehead atoms. The van der Waals surface area contributed by atoms with Crippen LogP contribution in [0.15, 0.2) is 40.6 Å². The van der Waals surface area contributed by atoms with Gasteiger partial charge in [0.15, 0.2) is 5.69 Å². The molecule has 0 saturated carbocycles. The molecule has 1 aliphatic rings. The number of hydrogen-bond donors (Lipinski definition) is 0. The zero-order valence-electron chi connectivity index (χ0n) is 14.0. The number of aromatic nitrogens is 3. The van der Waals surface area contributed by atoms with Gasteiger partial charge in [-0.3, -0.25) is 4.98 Å². The van der Waals surface area contributed by atoms with Crippen LogP contribution >= 0.6 is 11.8 Å². The minimum atomic E-state index is -4.49. The van der Waals surface area contributed by atoms with Crippen LogP contribution < -0.4 is 4.90 Å². The van der Waals surface area contributed by atoms with Gasteiger partial charge in [0.2, 0.25) is 0 Å². The average molecular weight is 368 g/mol. The van der Waals surface area contributed by atoms with Crippen LogP contribution in [0.1, 0.15) is 32.4 Å². The molecule has 0 atom stereocenters. The number of anilines is 1. The van der Waals surface area contributed by atoms with Crippen LogP contribution in [0, 0.1) is 5.41 Å². The van der Waals surface area contributed by atoms with Crippen molar-refractivity contribution in [3.05, 3.63) is 36.4 Å². The molecule has 1 aliphatic heterocycles. The van der Waals surface area contributed by atoms with Gasteiger partial charge in [0.1, 0.15) is 10.8 Å². The standard InChI is InChI=1S/C17H19F3N4S/c1-16(2)5-8-24(9-6-16)13-10-23-14(11-22-13)25-12-4-3-7-21-15(12)17(18,19)20/h3-4,7,10-11H,5-6,8-9H2,1-2H3. The van der Waals surface area contributed by atoms with E-state index in [9.17, 15) is 13.2 Å². The molecule has 0 radical (unpaired) electrons. The van der Waals surface area contributed by atoms with Gasteiger partial charge in [0, 0.05) is 24.2 Å². The fourth-order valence-corrected chi connectivity index (χ4v) is 3.51. The van der Waals surface area contributed by atoms with Crippen LogP contribution in [0.2, 0.25) is 0 Å². The molecule has 0 amide bonds. The van der Waals surface area contributed by atoms with Gasteiger partial charge in [-0.2, -0.15) is 13.2 Å². The lowest BCUT2D eigenvalue weighted by atomic mass is 9.83. The fourth-order valence-electron chi connectivity index (χ4n) is 2.66. The van der Waals surface area contributed by atoms with E-state index in [1.165, 1.54) is 18.3 Å². The third-order valence-corrected chi connectivity index (χ3v) is 5.28. The van der Waals surface area contributed by atoms with E-state index in [4.69, 9.17) is 0 Å². The summed E-state index contributed by atoms with van der Waals surface area (Å²) in [6.07, 6.45) is 1.96. The third kappa shape index (κ3) is 4.42. The number of piperidine rings is 1. The zero-order valence-corrected chi connectivity index (χ0v) is 14.9. The van der Waals surface area contributed by atoms with Gasteiger partial charge in [0.25, 0.3) is 0 Å². The smallest absolute Gasteiger partial charge is 0.355 e. The van der Waals surface area contributed by atoms with Crippen LogP contribution in [0.25, 0.3) is 0 Å². The van der Waals surface area contributed by atoms with Crippen molar-refractivity contribution in [1.82, 2.24) is 15.0 Å². The molecule has 2 aromatic heterocycles. The maximum absolute atomic E-state index is 13.0. The first kappa shape index (κ1) is 18.0. The molecule has 134 valence electrons. The summed E-state index contributed by atoms with van der Waals surface area (Å²) in [4.78, 5) is 14.3. The summed E-state index contributed by atoms with van der Waals surface area (Å²) in [5.74, 6) is 0.766. The van der Waals surface area contributed by atoms with Crippen molar-refractivity contribution in [3.63, 3.8) is 0 Å². The second-order valence-corrected chi connectivity index (χ2v) is 7.88. The first-order chi connectivity index (χ1) is 11.7. The molecule has 3 heterocycles. The Morgan fingerprint density at radius 2 is 1.80 bits per heavy atom. The predicted molar refractivity (Wildman–Crippen MR) is 90.6 cm³/mol. The Bertz CT molecular complexity index is 721. The van der Waals surface area contributed by atoms with Crippen LogP contribution in [0.5, 0.6) is 0 Å². The summed E-state index contributed by atoms with van der Waals surface area (Å²) in [6, 6.07) is 2.87. The molecule has 8 heteroatoms. The van der Waals surface area contributed by atoms with Crippen molar-refractivity contribution < 1.29 is 13.2 Å². The quantitative estimate of drug-likeness (QED) is 0.788. The Balaban J connectivity index is 1.72. The summed E-state index contributed by atoms with van der Waals surface area (Å²) >= 11 is 0.922. The van der Waals surface area contributed by atoms with Crippen molar-refractivity contribution in [2.24, 2.45) is 5.41 Å². The minimum absolute atomic E-state index is 0.0248. The van der Waals surface area contributed by atoms with Gasteiger partial charge in [-0.1, -0.05) is 25.6 Å². The molecule has 0 aromatic carbocycles. The largest absolute Gasteiger partial charge is 0.434 e. The Labute approximate surface area is 148 Å². The summed E-state index contributed by atoms with van der Waals surface area (Å²) in [7, 11) is 0. The summed E-state index contributed by atoms with van der Waals surface area (Å²) in [5.41, 5.74) is -0.558. The van der Waals surface area contributed by atoms with Crippen molar-refractivity contribution in [1.29, 1.82) is 0 Å². The molecular formula is C17H19F3N4S. The van der Waals surface area contributed by atoms with E-state index in [0.29, 0.717) is 10.4 Å². The van der Waals surface area contributed by atoms with Gasteiger partial charge in [-0.25, -0.2) is 9.97 Å². The first-order valence-electron chi connectivity index (χ1n) is 8.02. The lowest BCUT2D eigenvalue weighted by Crippen LogP contribution is -2.37. The van der Waals surface area contributed by atoms with Crippen molar-refractivity contribution in [3.8, 4) is 0 Å². The summed E-state index contributed by atoms with van der Waals surface area (Å²) in [6.45, 7) is 6.33. The highest BCUT2D eigenvalue weighted by atomic mass is 32.2. The van der Waals surface area contributed by atoms with E-state index < -0.39 is 11.9 Å². The van der Waals surface area contributed by atoms with Gasteiger partial charge >= 0.3 is 6.18 Å². The fraction of sp³-hybridized carbons (Fsp3) is 0.471.